The Morgan fingerprint density at radius 2 is 2.00 bits per heavy atom. The SMILES string of the molecule is CN=C(NCCCN1CCN(C)CC1c1ccccc1)N1CCC(C)C(n2ccnc2)C1. The molecule has 2 aliphatic heterocycles. The third-order valence-electron chi connectivity index (χ3n) is 7.12. The van der Waals surface area contributed by atoms with E-state index in [1.54, 1.807) is 0 Å². The number of nitrogens with zero attached hydrogens (tertiary/aromatic N) is 6. The van der Waals surface area contributed by atoms with E-state index >= 15 is 0 Å². The molecule has 1 aromatic heterocycles. The molecule has 7 heteroatoms. The summed E-state index contributed by atoms with van der Waals surface area (Å²) in [5, 5.41) is 3.64. The maximum Gasteiger partial charge on any atom is 0.193 e. The predicted molar refractivity (Wildman–Crippen MR) is 131 cm³/mol. The Morgan fingerprint density at radius 3 is 2.75 bits per heavy atom. The third kappa shape index (κ3) is 5.51. The number of hydrogen-bond donors (Lipinski definition) is 1. The van der Waals surface area contributed by atoms with Crippen LogP contribution in [0.3, 0.4) is 0 Å². The quantitative estimate of drug-likeness (QED) is 0.428. The van der Waals surface area contributed by atoms with Crippen LogP contribution >= 0.6 is 0 Å². The normalized spacial score (nSPS) is 25.8. The number of likely N-dealkylation sites (tertiary alicyclic amines) is 1. The molecule has 1 aromatic carbocycles. The molecule has 4 rings (SSSR count). The van der Waals surface area contributed by atoms with Crippen molar-refractivity contribution >= 4 is 5.96 Å². The number of imidazole rings is 1. The van der Waals surface area contributed by atoms with Crippen molar-refractivity contribution in [1.82, 2.24) is 29.6 Å². The molecule has 0 spiro atoms. The van der Waals surface area contributed by atoms with E-state index in [-0.39, 0.29) is 0 Å². The minimum absolute atomic E-state index is 0.446. The summed E-state index contributed by atoms with van der Waals surface area (Å²) in [7, 11) is 4.13. The summed E-state index contributed by atoms with van der Waals surface area (Å²) in [6, 6.07) is 11.9. The van der Waals surface area contributed by atoms with E-state index in [4.69, 9.17) is 0 Å². The van der Waals surface area contributed by atoms with Crippen molar-refractivity contribution in [3.8, 4) is 0 Å². The zero-order chi connectivity index (χ0) is 22.3. The second kappa shape index (κ2) is 11.0. The van der Waals surface area contributed by atoms with Gasteiger partial charge in [0.2, 0.25) is 0 Å². The maximum absolute atomic E-state index is 4.60. The highest BCUT2D eigenvalue weighted by molar-refractivity contribution is 5.80. The van der Waals surface area contributed by atoms with Crippen LogP contribution in [0, 0.1) is 5.92 Å². The molecule has 174 valence electrons. The van der Waals surface area contributed by atoms with E-state index in [0.717, 1.165) is 58.2 Å². The van der Waals surface area contributed by atoms with Crippen LogP contribution in [0.4, 0.5) is 0 Å². The van der Waals surface area contributed by atoms with Gasteiger partial charge in [-0.15, -0.1) is 0 Å². The molecule has 2 aliphatic rings. The van der Waals surface area contributed by atoms with Crippen molar-refractivity contribution < 1.29 is 0 Å². The first-order chi connectivity index (χ1) is 15.7. The number of nitrogens with one attached hydrogen (secondary N) is 1. The number of likely N-dealkylation sites (N-methyl/N-ethyl adjacent to an activating group) is 1. The van der Waals surface area contributed by atoms with Crippen LogP contribution in [-0.4, -0.2) is 90.1 Å². The van der Waals surface area contributed by atoms with Gasteiger partial charge in [0.05, 0.1) is 12.4 Å². The first kappa shape index (κ1) is 22.8. The maximum atomic E-state index is 4.60. The van der Waals surface area contributed by atoms with E-state index in [2.05, 4.69) is 85.1 Å². The van der Waals surface area contributed by atoms with Crippen LogP contribution in [0.5, 0.6) is 0 Å². The fraction of sp³-hybridized carbons (Fsp3) is 0.600. The lowest BCUT2D eigenvalue weighted by atomic mass is 9.93. The van der Waals surface area contributed by atoms with Gasteiger partial charge in [0.1, 0.15) is 0 Å². The number of piperazine rings is 1. The molecule has 2 saturated heterocycles. The largest absolute Gasteiger partial charge is 0.356 e. The summed E-state index contributed by atoms with van der Waals surface area (Å²) in [5.41, 5.74) is 1.43. The topological polar surface area (TPSA) is 51.9 Å². The molecular formula is C25H39N7. The first-order valence-corrected chi connectivity index (χ1v) is 12.1. The molecule has 3 unspecified atom stereocenters. The van der Waals surface area contributed by atoms with Gasteiger partial charge in [-0.3, -0.25) is 9.89 Å². The molecule has 0 radical (unpaired) electrons. The number of benzene rings is 1. The Labute approximate surface area is 193 Å². The van der Waals surface area contributed by atoms with Gasteiger partial charge >= 0.3 is 0 Å². The molecular weight excluding hydrogens is 398 g/mol. The van der Waals surface area contributed by atoms with E-state index in [1.165, 1.54) is 12.0 Å². The minimum atomic E-state index is 0.446. The molecule has 3 heterocycles. The highest BCUT2D eigenvalue weighted by Gasteiger charge is 2.29. The molecule has 7 nitrogen and oxygen atoms in total. The summed E-state index contributed by atoms with van der Waals surface area (Å²) in [6.45, 7) is 9.79. The number of piperidine rings is 1. The molecule has 32 heavy (non-hydrogen) atoms. The lowest BCUT2D eigenvalue weighted by Crippen LogP contribution is -2.50. The monoisotopic (exact) mass is 437 g/mol. The van der Waals surface area contributed by atoms with Gasteiger partial charge in [-0.1, -0.05) is 37.3 Å². The number of aliphatic imine (C=N–C) groups is 1. The zero-order valence-corrected chi connectivity index (χ0v) is 19.9. The fourth-order valence-electron chi connectivity index (χ4n) is 5.13. The van der Waals surface area contributed by atoms with Gasteiger partial charge in [-0.2, -0.15) is 0 Å². The second-order valence-electron chi connectivity index (χ2n) is 9.34. The van der Waals surface area contributed by atoms with E-state index in [9.17, 15) is 0 Å². The van der Waals surface area contributed by atoms with E-state index in [0.29, 0.717) is 18.0 Å². The van der Waals surface area contributed by atoms with Crippen LogP contribution in [0.1, 0.15) is 37.4 Å². The van der Waals surface area contributed by atoms with Crippen LogP contribution in [0.2, 0.25) is 0 Å². The summed E-state index contributed by atoms with van der Waals surface area (Å²) in [4.78, 5) is 16.4. The van der Waals surface area contributed by atoms with Crippen molar-refractivity contribution in [3.63, 3.8) is 0 Å². The number of hydrogen-bond acceptors (Lipinski definition) is 4. The smallest absolute Gasteiger partial charge is 0.193 e. The first-order valence-electron chi connectivity index (χ1n) is 12.1. The van der Waals surface area contributed by atoms with Gasteiger partial charge in [0.25, 0.3) is 0 Å². The summed E-state index contributed by atoms with van der Waals surface area (Å²) < 4.78 is 2.25. The number of aromatic nitrogens is 2. The lowest BCUT2D eigenvalue weighted by molar-refractivity contribution is 0.0890. The molecule has 2 fully saturated rings. The number of guanidine groups is 1. The van der Waals surface area contributed by atoms with Gasteiger partial charge in [-0.05, 0) is 31.4 Å². The van der Waals surface area contributed by atoms with Crippen LogP contribution in [-0.2, 0) is 0 Å². The molecule has 0 aliphatic carbocycles. The molecule has 1 N–H and O–H groups in total. The Balaban J connectivity index is 1.28. The van der Waals surface area contributed by atoms with E-state index < -0.39 is 0 Å². The van der Waals surface area contributed by atoms with Crippen molar-refractivity contribution in [2.45, 2.75) is 31.8 Å². The Hall–Kier alpha value is -2.38. The minimum Gasteiger partial charge on any atom is -0.356 e. The standard InChI is InChI=1S/C25H39N7/c1-21-10-14-31(19-23(21)32-15-12-27-20-32)25(26-2)28-11-7-13-30-17-16-29(3)18-24(30)22-8-5-4-6-9-22/h4-6,8-9,12,15,20-21,23-24H,7,10-11,13-14,16-19H2,1-3H3,(H,26,28). The van der Waals surface area contributed by atoms with Gasteiger partial charge in [0.15, 0.2) is 5.96 Å². The Bertz CT molecular complexity index is 835. The molecule has 2 aromatic rings. The van der Waals surface area contributed by atoms with Crippen molar-refractivity contribution in [1.29, 1.82) is 0 Å². The summed E-state index contributed by atoms with van der Waals surface area (Å²) >= 11 is 0. The van der Waals surface area contributed by atoms with Crippen molar-refractivity contribution in [2.24, 2.45) is 10.9 Å². The van der Waals surface area contributed by atoms with E-state index in [1.807, 2.05) is 19.6 Å². The second-order valence-corrected chi connectivity index (χ2v) is 9.34. The van der Waals surface area contributed by atoms with Gasteiger partial charge in [0, 0.05) is 71.3 Å². The molecule has 0 saturated carbocycles. The Morgan fingerprint density at radius 1 is 1.16 bits per heavy atom. The highest BCUT2D eigenvalue weighted by Crippen LogP contribution is 2.27. The molecule has 3 atom stereocenters. The lowest BCUT2D eigenvalue weighted by Gasteiger charge is -2.41. The number of rotatable bonds is 6. The Kier molecular flexibility index (Phi) is 7.81. The highest BCUT2D eigenvalue weighted by atomic mass is 15.3. The molecule has 0 bridgehead atoms. The van der Waals surface area contributed by atoms with Gasteiger partial charge < -0.3 is 19.7 Å². The van der Waals surface area contributed by atoms with Crippen LogP contribution < -0.4 is 5.32 Å². The summed E-state index contributed by atoms with van der Waals surface area (Å²) in [6.07, 6.45) is 8.19. The van der Waals surface area contributed by atoms with Crippen molar-refractivity contribution in [2.75, 3.05) is 59.9 Å². The third-order valence-corrected chi connectivity index (χ3v) is 7.12. The van der Waals surface area contributed by atoms with Crippen molar-refractivity contribution in [3.05, 3.63) is 54.6 Å². The molecule has 0 amide bonds. The zero-order valence-electron chi connectivity index (χ0n) is 19.9. The van der Waals surface area contributed by atoms with Gasteiger partial charge in [-0.25, -0.2) is 4.98 Å². The summed E-state index contributed by atoms with van der Waals surface area (Å²) in [5.74, 6) is 1.67. The van der Waals surface area contributed by atoms with Crippen LogP contribution in [0.15, 0.2) is 54.0 Å². The average molecular weight is 438 g/mol. The fourth-order valence-corrected chi connectivity index (χ4v) is 5.13. The predicted octanol–water partition coefficient (Wildman–Crippen LogP) is 2.72. The van der Waals surface area contributed by atoms with Crippen LogP contribution in [0.25, 0.3) is 0 Å². The average Bonchev–Trinajstić information content (AvgIpc) is 3.36.